The molecule has 7 unspecified atom stereocenters. The number of pyridine rings is 1. The van der Waals surface area contributed by atoms with Crippen LogP contribution >= 0.6 is 0 Å². The molecule has 1 aromatic heterocycles. The first-order chi connectivity index (χ1) is 17.6. The van der Waals surface area contributed by atoms with E-state index in [1.54, 1.807) is 6.20 Å². The molecule has 0 amide bonds. The van der Waals surface area contributed by atoms with Crippen LogP contribution in [0.4, 0.5) is 0 Å². The minimum atomic E-state index is -1.13. The molecule has 0 radical (unpaired) electrons. The van der Waals surface area contributed by atoms with Crippen molar-refractivity contribution >= 4 is 17.8 Å². The highest BCUT2D eigenvalue weighted by molar-refractivity contribution is 5.89. The van der Waals surface area contributed by atoms with Crippen molar-refractivity contribution in [1.82, 2.24) is 4.98 Å². The van der Waals surface area contributed by atoms with Crippen molar-refractivity contribution in [1.29, 1.82) is 0 Å². The van der Waals surface area contributed by atoms with Crippen LogP contribution in [0.25, 0.3) is 6.08 Å². The molecule has 4 rings (SSSR count). The molecular weight excluding hydrogens is 470 g/mol. The molecule has 1 spiro atoms. The van der Waals surface area contributed by atoms with Crippen molar-refractivity contribution in [2.45, 2.75) is 115 Å². The van der Waals surface area contributed by atoms with Gasteiger partial charge < -0.3 is 19.7 Å². The van der Waals surface area contributed by atoms with Crippen molar-refractivity contribution in [2.75, 3.05) is 0 Å². The number of hydrogen-bond donors (Lipinski definition) is 2. The predicted octanol–water partition coefficient (Wildman–Crippen LogP) is 4.64. The van der Waals surface area contributed by atoms with E-state index in [9.17, 15) is 19.8 Å². The summed E-state index contributed by atoms with van der Waals surface area (Å²) in [5, 5.41) is 22.3. The topological polar surface area (TPSA) is 109 Å². The van der Waals surface area contributed by atoms with Gasteiger partial charge in [-0.1, -0.05) is 32.8 Å². The third-order valence-corrected chi connectivity index (χ3v) is 9.15. The monoisotopic (exact) mass is 513 g/mol. The minimum absolute atomic E-state index is 0.0432. The number of carbonyl (C=O) groups is 2. The van der Waals surface area contributed by atoms with E-state index < -0.39 is 35.6 Å². The summed E-state index contributed by atoms with van der Waals surface area (Å²) in [6, 6.07) is 5.66. The second-order valence-corrected chi connectivity index (χ2v) is 11.7. The number of rotatable bonds is 3. The summed E-state index contributed by atoms with van der Waals surface area (Å²) in [4.78, 5) is 31.2. The Morgan fingerprint density at radius 3 is 2.57 bits per heavy atom. The smallest absolute Gasteiger partial charge is 0.309 e. The van der Waals surface area contributed by atoms with Gasteiger partial charge in [-0.15, -0.1) is 0 Å². The van der Waals surface area contributed by atoms with E-state index in [0.717, 1.165) is 37.0 Å². The second-order valence-electron chi connectivity index (χ2n) is 11.7. The number of epoxide rings is 1. The molecule has 2 saturated heterocycles. The number of Topliss-reactive ketones (excluding diaryl/α,β-unsaturated/α-hetero) is 1. The van der Waals surface area contributed by atoms with Crippen LogP contribution in [-0.4, -0.2) is 57.0 Å². The van der Waals surface area contributed by atoms with Gasteiger partial charge in [0.2, 0.25) is 0 Å². The Bertz CT molecular complexity index is 989. The Labute approximate surface area is 220 Å². The summed E-state index contributed by atoms with van der Waals surface area (Å²) >= 11 is 0. The van der Waals surface area contributed by atoms with E-state index in [1.165, 1.54) is 0 Å². The second kappa shape index (κ2) is 11.3. The molecule has 0 aromatic carbocycles. The molecule has 204 valence electrons. The zero-order valence-electron chi connectivity index (χ0n) is 22.7. The lowest BCUT2D eigenvalue weighted by atomic mass is 9.58. The molecular formula is C30H43NO6. The maximum atomic E-state index is 13.7. The van der Waals surface area contributed by atoms with Crippen LogP contribution in [0, 0.1) is 17.3 Å². The molecule has 2 aliphatic heterocycles. The van der Waals surface area contributed by atoms with Crippen molar-refractivity contribution in [3.8, 4) is 0 Å². The number of ether oxygens (including phenoxy) is 2. The predicted molar refractivity (Wildman–Crippen MR) is 140 cm³/mol. The third-order valence-electron chi connectivity index (χ3n) is 9.15. The molecule has 7 atom stereocenters. The number of hydrogen-bond acceptors (Lipinski definition) is 7. The van der Waals surface area contributed by atoms with Gasteiger partial charge in [0, 0.05) is 18.5 Å². The third kappa shape index (κ3) is 5.99. The highest BCUT2D eigenvalue weighted by Gasteiger charge is 2.55. The largest absolute Gasteiger partial charge is 0.458 e. The Kier molecular flexibility index (Phi) is 8.56. The number of carbonyl (C=O) groups excluding carboxylic acids is 2. The Morgan fingerprint density at radius 2 is 1.95 bits per heavy atom. The van der Waals surface area contributed by atoms with E-state index in [0.29, 0.717) is 25.7 Å². The number of aliphatic hydroxyl groups excluding tert-OH is 2. The van der Waals surface area contributed by atoms with Crippen molar-refractivity contribution in [3.63, 3.8) is 0 Å². The quantitative estimate of drug-likeness (QED) is 0.448. The van der Waals surface area contributed by atoms with Crippen molar-refractivity contribution in [2.24, 2.45) is 17.3 Å². The fourth-order valence-corrected chi connectivity index (χ4v) is 6.27. The summed E-state index contributed by atoms with van der Waals surface area (Å²) in [6.07, 6.45) is 6.36. The number of aromatic nitrogens is 1. The van der Waals surface area contributed by atoms with Crippen LogP contribution in [0.1, 0.15) is 91.2 Å². The molecule has 3 fully saturated rings. The van der Waals surface area contributed by atoms with Crippen LogP contribution in [0.2, 0.25) is 0 Å². The average Bonchev–Trinajstić information content (AvgIpc) is 3.46. The zero-order chi connectivity index (χ0) is 26.8. The lowest BCUT2D eigenvalue weighted by Crippen LogP contribution is -2.53. The molecule has 3 aliphatic rings. The Hall–Kier alpha value is -2.09. The fraction of sp³-hybridized carbons (Fsp3) is 0.700. The van der Waals surface area contributed by atoms with E-state index >= 15 is 0 Å². The van der Waals surface area contributed by atoms with Crippen LogP contribution in [0.15, 0.2) is 30.0 Å². The number of fused-ring (bicyclic) bond motifs is 1. The first-order valence-electron chi connectivity index (χ1n) is 14.0. The molecule has 7 nitrogen and oxygen atoms in total. The van der Waals surface area contributed by atoms with E-state index in [1.807, 2.05) is 45.0 Å². The zero-order valence-corrected chi connectivity index (χ0v) is 22.7. The maximum absolute atomic E-state index is 13.7. The molecule has 1 aromatic rings. The lowest BCUT2D eigenvalue weighted by Gasteiger charge is -2.46. The average molecular weight is 514 g/mol. The summed E-state index contributed by atoms with van der Waals surface area (Å²) in [5.74, 6) is -1.22. The maximum Gasteiger partial charge on any atom is 0.309 e. The van der Waals surface area contributed by atoms with E-state index in [2.05, 4.69) is 11.9 Å². The molecule has 3 heterocycles. The molecule has 7 heteroatoms. The molecule has 1 saturated carbocycles. The van der Waals surface area contributed by atoms with Crippen LogP contribution in [0.5, 0.6) is 0 Å². The SMILES string of the molecule is CCC1C(=O)C2(CCC2)C(O)CC(=O)OC(/C(C)=C/c2ccccn2)CC2OC2(C)CCCC(C)C1O. The number of ketones is 1. The molecule has 2 N–H and O–H groups in total. The van der Waals surface area contributed by atoms with Gasteiger partial charge in [0.1, 0.15) is 11.9 Å². The molecule has 37 heavy (non-hydrogen) atoms. The van der Waals surface area contributed by atoms with Gasteiger partial charge in [-0.05, 0) is 75.7 Å². The van der Waals surface area contributed by atoms with Gasteiger partial charge in [0.15, 0.2) is 0 Å². The van der Waals surface area contributed by atoms with Gasteiger partial charge in [-0.2, -0.15) is 0 Å². The summed E-state index contributed by atoms with van der Waals surface area (Å²) in [5.41, 5.74) is 0.356. The van der Waals surface area contributed by atoms with Gasteiger partial charge in [0.05, 0.1) is 41.4 Å². The van der Waals surface area contributed by atoms with Gasteiger partial charge >= 0.3 is 5.97 Å². The number of nitrogens with zero attached hydrogens (tertiary/aromatic N) is 1. The standard InChI is InChI=1S/C30H43NO6/c1-5-22-27(34)19(2)10-8-12-29(4)25(37-29)17-23(20(3)16-21-11-6-7-15-31-21)36-26(33)18-24(32)30(28(22)35)13-9-14-30/h6-7,11,15-16,19,22-25,27,32,34H,5,8-10,12-14,17-18H2,1-4H3/b20-16+. The van der Waals surface area contributed by atoms with Crippen LogP contribution in [0.3, 0.4) is 0 Å². The van der Waals surface area contributed by atoms with Crippen molar-refractivity contribution in [3.05, 3.63) is 35.7 Å². The number of esters is 1. The van der Waals surface area contributed by atoms with Crippen LogP contribution < -0.4 is 0 Å². The van der Waals surface area contributed by atoms with E-state index in [-0.39, 0.29) is 29.8 Å². The van der Waals surface area contributed by atoms with Gasteiger partial charge in [0.25, 0.3) is 0 Å². The normalized spacial score (nSPS) is 37.4. The first-order valence-corrected chi connectivity index (χ1v) is 14.0. The summed E-state index contributed by atoms with van der Waals surface area (Å²) < 4.78 is 12.0. The van der Waals surface area contributed by atoms with Crippen molar-refractivity contribution < 1.29 is 29.3 Å². The van der Waals surface area contributed by atoms with Gasteiger partial charge in [-0.3, -0.25) is 14.6 Å². The van der Waals surface area contributed by atoms with E-state index in [4.69, 9.17) is 9.47 Å². The molecule has 1 aliphatic carbocycles. The highest BCUT2D eigenvalue weighted by Crippen LogP contribution is 2.49. The highest BCUT2D eigenvalue weighted by atomic mass is 16.6. The fourth-order valence-electron chi connectivity index (χ4n) is 6.27. The minimum Gasteiger partial charge on any atom is -0.458 e. The molecule has 0 bridgehead atoms. The van der Waals surface area contributed by atoms with Crippen LogP contribution in [-0.2, 0) is 19.1 Å². The summed E-state index contributed by atoms with van der Waals surface area (Å²) in [6.45, 7) is 7.92. The Morgan fingerprint density at radius 1 is 1.19 bits per heavy atom. The Balaban J connectivity index is 1.60. The number of cyclic esters (lactones) is 1. The first kappa shape index (κ1) is 27.9. The summed E-state index contributed by atoms with van der Waals surface area (Å²) in [7, 11) is 0. The lowest BCUT2D eigenvalue weighted by molar-refractivity contribution is -0.162. The number of aliphatic hydroxyl groups is 2. The van der Waals surface area contributed by atoms with Gasteiger partial charge in [-0.25, -0.2) is 0 Å².